The third-order valence-electron chi connectivity index (χ3n) is 3.23. The molecule has 3 aromatic rings. The number of aryl methyl sites for hydroxylation is 1. The van der Waals surface area contributed by atoms with Gasteiger partial charge in [0, 0.05) is 7.05 Å². The molecule has 0 aliphatic carbocycles. The number of para-hydroxylation sites is 1. The number of phenolic OH excluding ortho intramolecular Hbond substituents is 1. The van der Waals surface area contributed by atoms with Crippen molar-refractivity contribution in [3.8, 4) is 17.1 Å². The fraction of sp³-hybridized carbons (Fsp3) is 0.0714. The largest absolute Gasteiger partial charge is 0.506 e. The molecule has 0 saturated heterocycles. The van der Waals surface area contributed by atoms with Gasteiger partial charge in [-0.25, -0.2) is 9.37 Å². The van der Waals surface area contributed by atoms with Crippen molar-refractivity contribution >= 4 is 45.8 Å². The lowest BCUT2D eigenvalue weighted by Crippen LogP contribution is -1.94. The Bertz CT molecular complexity index is 850. The number of nitrogens with zero attached hydrogens (tertiary/aromatic N) is 2. The maximum atomic E-state index is 13.8. The molecule has 0 saturated carbocycles. The molecule has 1 N–H and O–H groups in total. The van der Waals surface area contributed by atoms with Gasteiger partial charge in [0.1, 0.15) is 17.1 Å². The Morgan fingerprint density at radius 2 is 1.90 bits per heavy atom. The molecule has 3 nitrogen and oxygen atoms in total. The first-order valence-electron chi connectivity index (χ1n) is 5.89. The Morgan fingerprint density at radius 3 is 2.57 bits per heavy atom. The van der Waals surface area contributed by atoms with E-state index in [-0.39, 0.29) is 37.7 Å². The number of aromatic nitrogens is 2. The third-order valence-corrected chi connectivity index (χ3v) is 4.31. The Morgan fingerprint density at radius 1 is 1.19 bits per heavy atom. The van der Waals surface area contributed by atoms with Crippen molar-refractivity contribution in [1.82, 2.24) is 9.55 Å². The van der Waals surface area contributed by atoms with Crippen molar-refractivity contribution in [2.75, 3.05) is 0 Å². The summed E-state index contributed by atoms with van der Waals surface area (Å²) in [5.41, 5.74) is 0.922. The fourth-order valence-electron chi connectivity index (χ4n) is 2.19. The van der Waals surface area contributed by atoms with E-state index in [9.17, 15) is 9.50 Å². The minimum absolute atomic E-state index is 0.0481. The van der Waals surface area contributed by atoms with E-state index < -0.39 is 5.82 Å². The van der Waals surface area contributed by atoms with Gasteiger partial charge in [0.05, 0.1) is 26.1 Å². The number of fused-ring (bicyclic) bond motifs is 1. The Balaban J connectivity index is 2.42. The van der Waals surface area contributed by atoms with E-state index in [4.69, 9.17) is 34.8 Å². The zero-order valence-electron chi connectivity index (χ0n) is 10.7. The van der Waals surface area contributed by atoms with Crippen LogP contribution < -0.4 is 0 Å². The Labute approximate surface area is 134 Å². The van der Waals surface area contributed by atoms with Gasteiger partial charge < -0.3 is 9.67 Å². The van der Waals surface area contributed by atoms with E-state index in [1.165, 1.54) is 12.1 Å². The summed E-state index contributed by atoms with van der Waals surface area (Å²) in [7, 11) is 1.69. The minimum atomic E-state index is -0.460. The molecule has 3 rings (SSSR count). The monoisotopic (exact) mass is 344 g/mol. The van der Waals surface area contributed by atoms with Crippen molar-refractivity contribution in [2.45, 2.75) is 0 Å². The van der Waals surface area contributed by atoms with Gasteiger partial charge in [0.15, 0.2) is 5.82 Å². The summed E-state index contributed by atoms with van der Waals surface area (Å²) in [5.74, 6) is -0.426. The van der Waals surface area contributed by atoms with Crippen LogP contribution in [-0.4, -0.2) is 14.7 Å². The molecule has 21 heavy (non-hydrogen) atoms. The second-order valence-corrected chi connectivity index (χ2v) is 5.67. The lowest BCUT2D eigenvalue weighted by atomic mass is 10.2. The molecule has 0 aliphatic rings. The van der Waals surface area contributed by atoms with Crippen LogP contribution in [0.15, 0.2) is 24.3 Å². The molecule has 0 aliphatic heterocycles. The van der Waals surface area contributed by atoms with Gasteiger partial charge >= 0.3 is 0 Å². The predicted molar refractivity (Wildman–Crippen MR) is 82.8 cm³/mol. The Hall–Kier alpha value is -1.49. The lowest BCUT2D eigenvalue weighted by molar-refractivity contribution is 0.477. The summed E-state index contributed by atoms with van der Waals surface area (Å²) in [4.78, 5) is 4.21. The van der Waals surface area contributed by atoms with E-state index in [1.54, 1.807) is 23.7 Å². The predicted octanol–water partition coefficient (Wildman–Crippen LogP) is 5.05. The normalized spacial score (nSPS) is 11.3. The highest BCUT2D eigenvalue weighted by Crippen LogP contribution is 2.44. The standard InChI is InChI=1S/C14H8Cl3FN2O/c1-20-9-4-2-3-8(18)12(9)19-14(20)10-11(17)6(15)5-7(16)13(10)21/h2-5,21H,1H3. The van der Waals surface area contributed by atoms with Crippen LogP contribution in [0.25, 0.3) is 22.4 Å². The molecular weight excluding hydrogens is 338 g/mol. The maximum absolute atomic E-state index is 13.8. The summed E-state index contributed by atoms with van der Waals surface area (Å²) in [6.07, 6.45) is 0. The second kappa shape index (κ2) is 5.05. The Kier molecular flexibility index (Phi) is 3.48. The molecule has 0 fully saturated rings. The smallest absolute Gasteiger partial charge is 0.151 e. The van der Waals surface area contributed by atoms with Gasteiger partial charge in [0.2, 0.25) is 0 Å². The number of rotatable bonds is 1. The quantitative estimate of drug-likeness (QED) is 0.627. The summed E-state index contributed by atoms with van der Waals surface area (Å²) in [6, 6.07) is 5.95. The molecule has 1 heterocycles. The minimum Gasteiger partial charge on any atom is -0.506 e. The second-order valence-electron chi connectivity index (χ2n) is 4.48. The highest BCUT2D eigenvalue weighted by Gasteiger charge is 2.22. The fourth-order valence-corrected chi connectivity index (χ4v) is 2.89. The molecule has 0 spiro atoms. The average molecular weight is 346 g/mol. The molecule has 1 aromatic heterocycles. The van der Waals surface area contributed by atoms with Crippen LogP contribution in [-0.2, 0) is 7.05 Å². The molecule has 0 unspecified atom stereocenters. The first-order chi connectivity index (χ1) is 9.91. The molecule has 2 aromatic carbocycles. The SMILES string of the molecule is Cn1c(-c2c(O)c(Cl)cc(Cl)c2Cl)nc2c(F)cccc21. The lowest BCUT2D eigenvalue weighted by Gasteiger charge is -2.10. The molecule has 7 heteroatoms. The van der Waals surface area contributed by atoms with Crippen LogP contribution in [0, 0.1) is 5.82 Å². The molecule has 0 radical (unpaired) electrons. The number of benzene rings is 2. The number of aromatic hydroxyl groups is 1. The van der Waals surface area contributed by atoms with Crippen molar-refractivity contribution in [3.63, 3.8) is 0 Å². The van der Waals surface area contributed by atoms with Gasteiger partial charge in [-0.05, 0) is 18.2 Å². The van der Waals surface area contributed by atoms with Gasteiger partial charge in [-0.1, -0.05) is 40.9 Å². The molecule has 0 atom stereocenters. The van der Waals surface area contributed by atoms with Crippen LogP contribution in [0.4, 0.5) is 4.39 Å². The molecule has 108 valence electrons. The summed E-state index contributed by atoms with van der Waals surface area (Å²) in [5, 5.41) is 10.5. The van der Waals surface area contributed by atoms with E-state index in [0.29, 0.717) is 5.52 Å². The van der Waals surface area contributed by atoms with Crippen molar-refractivity contribution < 1.29 is 9.50 Å². The number of phenols is 1. The van der Waals surface area contributed by atoms with Crippen molar-refractivity contribution in [2.24, 2.45) is 7.05 Å². The van der Waals surface area contributed by atoms with Crippen LogP contribution in [0.1, 0.15) is 0 Å². The first kappa shape index (κ1) is 14.4. The van der Waals surface area contributed by atoms with E-state index in [2.05, 4.69) is 4.98 Å². The van der Waals surface area contributed by atoms with Crippen molar-refractivity contribution in [3.05, 3.63) is 45.2 Å². The number of halogens is 4. The van der Waals surface area contributed by atoms with Crippen LogP contribution in [0.3, 0.4) is 0 Å². The van der Waals surface area contributed by atoms with Gasteiger partial charge in [-0.2, -0.15) is 0 Å². The highest BCUT2D eigenvalue weighted by molar-refractivity contribution is 6.45. The van der Waals surface area contributed by atoms with Gasteiger partial charge in [-0.15, -0.1) is 0 Å². The average Bonchev–Trinajstić information content (AvgIpc) is 2.77. The molecule has 0 amide bonds. The first-order valence-corrected chi connectivity index (χ1v) is 7.03. The van der Waals surface area contributed by atoms with Crippen molar-refractivity contribution in [1.29, 1.82) is 0 Å². The zero-order valence-corrected chi connectivity index (χ0v) is 12.9. The summed E-state index contributed by atoms with van der Waals surface area (Å²) >= 11 is 18.1. The van der Waals surface area contributed by atoms with Crippen LogP contribution in [0.5, 0.6) is 5.75 Å². The van der Waals surface area contributed by atoms with Gasteiger partial charge in [0.25, 0.3) is 0 Å². The third kappa shape index (κ3) is 2.14. The molecular formula is C14H8Cl3FN2O. The van der Waals surface area contributed by atoms with Crippen LogP contribution >= 0.6 is 34.8 Å². The van der Waals surface area contributed by atoms with E-state index in [1.807, 2.05) is 0 Å². The highest BCUT2D eigenvalue weighted by atomic mass is 35.5. The maximum Gasteiger partial charge on any atom is 0.151 e. The number of hydrogen-bond acceptors (Lipinski definition) is 2. The van der Waals surface area contributed by atoms with E-state index >= 15 is 0 Å². The van der Waals surface area contributed by atoms with Gasteiger partial charge in [-0.3, -0.25) is 0 Å². The summed E-state index contributed by atoms with van der Waals surface area (Å²) < 4.78 is 15.4. The number of hydrogen-bond donors (Lipinski definition) is 1. The summed E-state index contributed by atoms with van der Waals surface area (Å²) in [6.45, 7) is 0. The molecule has 0 bridgehead atoms. The number of imidazole rings is 1. The van der Waals surface area contributed by atoms with E-state index in [0.717, 1.165) is 0 Å². The van der Waals surface area contributed by atoms with Crippen LogP contribution in [0.2, 0.25) is 15.1 Å². The zero-order chi connectivity index (χ0) is 15.3. The topological polar surface area (TPSA) is 38.0 Å².